The number of aromatic nitrogens is 3. The summed E-state index contributed by atoms with van der Waals surface area (Å²) >= 11 is 0. The van der Waals surface area contributed by atoms with Crippen molar-refractivity contribution in [3.8, 4) is 17.3 Å². The number of carbonyl (C=O) groups excluding carboxylic acids is 1. The summed E-state index contributed by atoms with van der Waals surface area (Å²) in [6, 6.07) is 8.88. The zero-order chi connectivity index (χ0) is 25.4. The van der Waals surface area contributed by atoms with E-state index in [0.29, 0.717) is 48.0 Å². The molecule has 0 saturated carbocycles. The van der Waals surface area contributed by atoms with Crippen molar-refractivity contribution in [1.82, 2.24) is 14.8 Å². The number of anilines is 1. The molecule has 3 rings (SSSR count). The number of para-hydroxylation sites is 1. The largest absolute Gasteiger partial charge is 0.493 e. The number of rotatable bonds is 12. The predicted octanol–water partition coefficient (Wildman–Crippen LogP) is 4.39. The van der Waals surface area contributed by atoms with E-state index in [2.05, 4.69) is 24.1 Å². The van der Waals surface area contributed by atoms with Gasteiger partial charge in [0, 0.05) is 18.2 Å². The monoisotopic (exact) mass is 480 g/mol. The Morgan fingerprint density at radius 1 is 1.17 bits per heavy atom. The summed E-state index contributed by atoms with van der Waals surface area (Å²) in [5.74, 6) is 0.892. The minimum atomic E-state index is -0.925. The molecule has 0 saturated heterocycles. The molecular formula is C26H32N4O5. The second-order valence-electron chi connectivity index (χ2n) is 8.42. The molecule has 0 fully saturated rings. The van der Waals surface area contributed by atoms with Gasteiger partial charge in [0.05, 0.1) is 37.7 Å². The van der Waals surface area contributed by atoms with Crippen molar-refractivity contribution in [1.29, 1.82) is 0 Å². The fraction of sp³-hybridized carbons (Fsp3) is 0.385. The molecule has 0 aliphatic carbocycles. The van der Waals surface area contributed by atoms with Crippen molar-refractivity contribution < 1.29 is 24.2 Å². The number of nitrogens with zero attached hydrogens (tertiary/aromatic N) is 3. The van der Waals surface area contributed by atoms with E-state index >= 15 is 0 Å². The molecule has 3 aromatic rings. The number of aliphatic carboxylic acids is 1. The Morgan fingerprint density at radius 2 is 1.97 bits per heavy atom. The van der Waals surface area contributed by atoms with Crippen LogP contribution in [0.15, 0.2) is 42.7 Å². The number of amides is 1. The Morgan fingerprint density at radius 3 is 2.60 bits per heavy atom. The average molecular weight is 481 g/mol. The third-order valence-corrected chi connectivity index (χ3v) is 5.42. The van der Waals surface area contributed by atoms with Crippen molar-refractivity contribution in [3.63, 3.8) is 0 Å². The fourth-order valence-corrected chi connectivity index (χ4v) is 3.69. The molecule has 2 heterocycles. The van der Waals surface area contributed by atoms with Crippen molar-refractivity contribution in [2.75, 3.05) is 19.0 Å². The quantitative estimate of drug-likeness (QED) is 0.370. The summed E-state index contributed by atoms with van der Waals surface area (Å²) in [6.45, 7) is 6.39. The Hall–Kier alpha value is -3.88. The molecule has 2 N–H and O–H groups in total. The predicted molar refractivity (Wildman–Crippen MR) is 133 cm³/mol. The van der Waals surface area contributed by atoms with Gasteiger partial charge < -0.3 is 19.9 Å². The second-order valence-corrected chi connectivity index (χ2v) is 8.42. The normalized spacial score (nSPS) is 10.9. The highest BCUT2D eigenvalue weighted by Crippen LogP contribution is 2.32. The first-order valence-electron chi connectivity index (χ1n) is 11.7. The van der Waals surface area contributed by atoms with E-state index in [0.717, 1.165) is 17.7 Å². The van der Waals surface area contributed by atoms with Gasteiger partial charge in [0.15, 0.2) is 17.3 Å². The number of carboxylic acid groups (broad SMARTS) is 1. The number of aryl methyl sites for hydroxylation is 1. The molecule has 0 unspecified atom stereocenters. The van der Waals surface area contributed by atoms with Crippen LogP contribution in [0, 0.1) is 0 Å². The Balaban J connectivity index is 1.69. The van der Waals surface area contributed by atoms with E-state index in [-0.39, 0.29) is 18.2 Å². The van der Waals surface area contributed by atoms with E-state index in [4.69, 9.17) is 14.6 Å². The molecule has 0 radical (unpaired) electrons. The number of hydrogen-bond acceptors (Lipinski definition) is 6. The van der Waals surface area contributed by atoms with E-state index in [1.807, 2.05) is 18.3 Å². The fourth-order valence-electron chi connectivity index (χ4n) is 3.69. The molecule has 35 heavy (non-hydrogen) atoms. The Kier molecular flexibility index (Phi) is 8.83. The van der Waals surface area contributed by atoms with E-state index in [1.54, 1.807) is 36.0 Å². The van der Waals surface area contributed by atoms with Crippen LogP contribution >= 0.6 is 0 Å². The average Bonchev–Trinajstić information content (AvgIpc) is 3.27. The van der Waals surface area contributed by atoms with Gasteiger partial charge in [-0.1, -0.05) is 32.9 Å². The van der Waals surface area contributed by atoms with Gasteiger partial charge in [-0.25, -0.2) is 9.67 Å². The van der Waals surface area contributed by atoms with Gasteiger partial charge in [-0.2, -0.15) is 5.10 Å². The summed E-state index contributed by atoms with van der Waals surface area (Å²) in [6.07, 6.45) is 5.32. The van der Waals surface area contributed by atoms with Crippen molar-refractivity contribution >= 4 is 17.6 Å². The highest BCUT2D eigenvalue weighted by molar-refractivity contribution is 5.90. The minimum Gasteiger partial charge on any atom is -0.493 e. The number of pyridine rings is 1. The van der Waals surface area contributed by atoms with Crippen LogP contribution in [0.2, 0.25) is 0 Å². The zero-order valence-corrected chi connectivity index (χ0v) is 20.6. The lowest BCUT2D eigenvalue weighted by atomic mass is 10.0. The Bertz CT molecular complexity index is 1160. The summed E-state index contributed by atoms with van der Waals surface area (Å²) < 4.78 is 13.1. The lowest BCUT2D eigenvalue weighted by Crippen LogP contribution is -2.10. The maximum Gasteiger partial charge on any atom is 0.307 e. The summed E-state index contributed by atoms with van der Waals surface area (Å²) in [5.41, 5.74) is 3.31. The third kappa shape index (κ3) is 6.81. The van der Waals surface area contributed by atoms with Crippen LogP contribution in [0.3, 0.4) is 0 Å². The van der Waals surface area contributed by atoms with Crippen molar-refractivity contribution in [2.24, 2.45) is 0 Å². The van der Waals surface area contributed by atoms with Crippen LogP contribution in [0.5, 0.6) is 11.5 Å². The molecule has 1 aromatic carbocycles. The second kappa shape index (κ2) is 12.0. The molecule has 0 aliphatic heterocycles. The lowest BCUT2D eigenvalue weighted by molar-refractivity contribution is -0.136. The molecular weight excluding hydrogens is 448 g/mol. The summed E-state index contributed by atoms with van der Waals surface area (Å²) in [5, 5.41) is 16.7. The standard InChI is InChI=1S/C26H32N4O5/c1-5-23(31)28-20-11-12-22(27-15-20)30-16-19(25(29-30)17(2)3)9-7-13-35-26-18(14-24(32)33)8-6-10-21(26)34-4/h6,8,10-12,15-17H,5,7,9,13-14H2,1-4H3,(H,28,31)(H,32,33). The van der Waals surface area contributed by atoms with Crippen molar-refractivity contribution in [3.05, 3.63) is 59.5 Å². The van der Waals surface area contributed by atoms with Crippen LogP contribution in [-0.2, 0) is 22.4 Å². The van der Waals surface area contributed by atoms with Gasteiger partial charge in [0.2, 0.25) is 5.91 Å². The number of methoxy groups -OCH3 is 1. The van der Waals surface area contributed by atoms with Crippen LogP contribution in [0.4, 0.5) is 5.69 Å². The van der Waals surface area contributed by atoms with E-state index < -0.39 is 5.97 Å². The third-order valence-electron chi connectivity index (χ3n) is 5.42. The van der Waals surface area contributed by atoms with Gasteiger partial charge >= 0.3 is 5.97 Å². The maximum atomic E-state index is 11.6. The number of benzene rings is 1. The van der Waals surface area contributed by atoms with Crippen molar-refractivity contribution in [2.45, 2.75) is 52.4 Å². The van der Waals surface area contributed by atoms with Crippen LogP contribution in [-0.4, -0.2) is 45.5 Å². The van der Waals surface area contributed by atoms with Gasteiger partial charge in [-0.05, 0) is 42.5 Å². The van der Waals surface area contributed by atoms with Gasteiger partial charge in [-0.3, -0.25) is 9.59 Å². The molecule has 1 amide bonds. The molecule has 9 heteroatoms. The molecule has 2 aromatic heterocycles. The number of hydrogen-bond donors (Lipinski definition) is 2. The molecule has 0 spiro atoms. The Labute approximate surface area is 205 Å². The summed E-state index contributed by atoms with van der Waals surface area (Å²) in [7, 11) is 1.54. The van der Waals surface area contributed by atoms with Gasteiger partial charge in [0.1, 0.15) is 0 Å². The highest BCUT2D eigenvalue weighted by Gasteiger charge is 2.16. The first-order valence-corrected chi connectivity index (χ1v) is 11.7. The van der Waals surface area contributed by atoms with Crippen LogP contribution in [0.25, 0.3) is 5.82 Å². The number of nitrogens with one attached hydrogen (secondary N) is 1. The maximum absolute atomic E-state index is 11.6. The minimum absolute atomic E-state index is 0.0616. The highest BCUT2D eigenvalue weighted by atomic mass is 16.5. The molecule has 186 valence electrons. The molecule has 0 bridgehead atoms. The number of carboxylic acids is 1. The van der Waals surface area contributed by atoms with Gasteiger partial charge in [0.25, 0.3) is 0 Å². The van der Waals surface area contributed by atoms with Gasteiger partial charge in [-0.15, -0.1) is 0 Å². The van der Waals surface area contributed by atoms with Crippen LogP contribution in [0.1, 0.15) is 56.4 Å². The number of ether oxygens (including phenoxy) is 2. The summed E-state index contributed by atoms with van der Waals surface area (Å²) in [4.78, 5) is 27.2. The SMILES string of the molecule is CCC(=O)Nc1ccc(-n2cc(CCCOc3c(CC(=O)O)cccc3OC)c(C(C)C)n2)nc1. The van der Waals surface area contributed by atoms with E-state index in [1.165, 1.54) is 7.11 Å². The first kappa shape index (κ1) is 25.7. The smallest absolute Gasteiger partial charge is 0.307 e. The first-order chi connectivity index (χ1) is 16.8. The van der Waals surface area contributed by atoms with E-state index in [9.17, 15) is 14.7 Å². The zero-order valence-electron chi connectivity index (χ0n) is 20.6. The number of carbonyl (C=O) groups is 2. The van der Waals surface area contributed by atoms with Crippen LogP contribution < -0.4 is 14.8 Å². The molecule has 0 aliphatic rings. The topological polar surface area (TPSA) is 116 Å². The lowest BCUT2D eigenvalue weighted by Gasteiger charge is -2.14. The molecule has 0 atom stereocenters. The molecule has 9 nitrogen and oxygen atoms in total.